The normalized spacial score (nSPS) is 18.2. The van der Waals surface area contributed by atoms with Crippen molar-refractivity contribution >= 4 is 16.8 Å². The molecule has 0 N–H and O–H groups in total. The number of hydrogen-bond donors (Lipinski definition) is 0. The number of likely N-dealkylation sites (tertiary alicyclic amines) is 1. The van der Waals surface area contributed by atoms with Crippen LogP contribution < -0.4 is 0 Å². The number of fused-ring (bicyclic) bond motifs is 1. The van der Waals surface area contributed by atoms with E-state index in [2.05, 4.69) is 18.7 Å². The van der Waals surface area contributed by atoms with E-state index in [0.717, 1.165) is 50.0 Å². The fourth-order valence-electron chi connectivity index (χ4n) is 3.83. The third-order valence-electron chi connectivity index (χ3n) is 5.32. The lowest BCUT2D eigenvalue weighted by Crippen LogP contribution is -2.44. The summed E-state index contributed by atoms with van der Waals surface area (Å²) in [6.45, 7) is 9.50. The smallest absolute Gasteiger partial charge is 0.242 e. The molecule has 4 nitrogen and oxygen atoms in total. The van der Waals surface area contributed by atoms with Gasteiger partial charge < -0.3 is 14.4 Å². The number of hydrogen-bond acceptors (Lipinski definition) is 2. The quantitative estimate of drug-likeness (QED) is 0.803. The fourth-order valence-corrected chi connectivity index (χ4v) is 3.83. The van der Waals surface area contributed by atoms with E-state index in [1.54, 1.807) is 6.07 Å². The Bertz CT molecular complexity index is 723. The Kier molecular flexibility index (Phi) is 5.74. The predicted molar refractivity (Wildman–Crippen MR) is 99.0 cm³/mol. The molecule has 25 heavy (non-hydrogen) atoms. The van der Waals surface area contributed by atoms with Crippen molar-refractivity contribution < 1.29 is 9.18 Å². The molecule has 2 heterocycles. The van der Waals surface area contributed by atoms with Gasteiger partial charge in [0.2, 0.25) is 5.91 Å². The second kappa shape index (κ2) is 8.00. The highest BCUT2D eigenvalue weighted by Gasteiger charge is 2.25. The van der Waals surface area contributed by atoms with E-state index in [-0.39, 0.29) is 18.3 Å². The van der Waals surface area contributed by atoms with Crippen LogP contribution in [0.5, 0.6) is 0 Å². The highest BCUT2D eigenvalue weighted by atomic mass is 19.1. The zero-order chi connectivity index (χ0) is 17.8. The minimum absolute atomic E-state index is 0.131. The van der Waals surface area contributed by atoms with Crippen LogP contribution in [0.3, 0.4) is 0 Å². The average molecular weight is 345 g/mol. The Balaban J connectivity index is 1.65. The summed E-state index contributed by atoms with van der Waals surface area (Å²) in [5, 5.41) is 0.965. The molecule has 5 heteroatoms. The van der Waals surface area contributed by atoms with E-state index < -0.39 is 0 Å². The molecule has 1 aliphatic heterocycles. The summed E-state index contributed by atoms with van der Waals surface area (Å²) in [4.78, 5) is 17.2. The fraction of sp³-hybridized carbons (Fsp3) is 0.550. The van der Waals surface area contributed by atoms with Crippen LogP contribution in [0.15, 0.2) is 30.5 Å². The van der Waals surface area contributed by atoms with Crippen LogP contribution in [0.1, 0.15) is 26.7 Å². The maximum Gasteiger partial charge on any atom is 0.242 e. The molecule has 2 aromatic rings. The standard InChI is InChI=1S/C20H28FN3O/c1-3-22(4-2)13-16-6-5-10-24(14-16)20(25)15-23-11-9-17-7-8-18(21)12-19(17)23/h7-9,11-12,16H,3-6,10,13-15H2,1-2H3/t16-/m0/s1. The highest BCUT2D eigenvalue weighted by Crippen LogP contribution is 2.20. The molecule has 1 fully saturated rings. The van der Waals surface area contributed by atoms with Crippen LogP contribution in [-0.4, -0.2) is 53.0 Å². The molecule has 1 aliphatic rings. The Morgan fingerprint density at radius 1 is 1.28 bits per heavy atom. The van der Waals surface area contributed by atoms with Gasteiger partial charge in [-0.3, -0.25) is 4.79 Å². The van der Waals surface area contributed by atoms with E-state index in [9.17, 15) is 9.18 Å². The molecule has 0 unspecified atom stereocenters. The van der Waals surface area contributed by atoms with Crippen molar-refractivity contribution in [2.45, 2.75) is 33.2 Å². The summed E-state index contributed by atoms with van der Waals surface area (Å²) in [7, 11) is 0. The van der Waals surface area contributed by atoms with Crippen molar-refractivity contribution in [3.8, 4) is 0 Å². The molecule has 1 aromatic heterocycles. The Labute approximate surface area is 149 Å². The average Bonchev–Trinajstić information content (AvgIpc) is 3.02. The van der Waals surface area contributed by atoms with E-state index in [1.807, 2.05) is 21.7 Å². The van der Waals surface area contributed by atoms with Crippen LogP contribution >= 0.6 is 0 Å². The number of aromatic nitrogens is 1. The number of amides is 1. The summed E-state index contributed by atoms with van der Waals surface area (Å²) in [6.07, 6.45) is 4.13. The minimum Gasteiger partial charge on any atom is -0.341 e. The highest BCUT2D eigenvalue weighted by molar-refractivity contribution is 5.83. The number of rotatable bonds is 6. The van der Waals surface area contributed by atoms with Gasteiger partial charge >= 0.3 is 0 Å². The molecule has 0 bridgehead atoms. The lowest BCUT2D eigenvalue weighted by Gasteiger charge is -2.35. The summed E-state index contributed by atoms with van der Waals surface area (Å²) in [5.41, 5.74) is 0.782. The van der Waals surface area contributed by atoms with Crippen LogP contribution in [0, 0.1) is 11.7 Å². The van der Waals surface area contributed by atoms with Gasteiger partial charge in [-0.15, -0.1) is 0 Å². The molecule has 3 rings (SSSR count). The third-order valence-corrected chi connectivity index (χ3v) is 5.32. The van der Waals surface area contributed by atoms with Gasteiger partial charge in [-0.1, -0.05) is 13.8 Å². The number of halogens is 1. The maximum atomic E-state index is 13.5. The molecule has 0 saturated carbocycles. The first kappa shape index (κ1) is 17.9. The van der Waals surface area contributed by atoms with Gasteiger partial charge in [-0.25, -0.2) is 4.39 Å². The summed E-state index contributed by atoms with van der Waals surface area (Å²) >= 11 is 0. The van der Waals surface area contributed by atoms with E-state index in [1.165, 1.54) is 18.6 Å². The van der Waals surface area contributed by atoms with Gasteiger partial charge in [0.15, 0.2) is 0 Å². The second-order valence-electron chi connectivity index (χ2n) is 6.98. The first-order valence-electron chi connectivity index (χ1n) is 9.35. The molecular weight excluding hydrogens is 317 g/mol. The molecule has 0 spiro atoms. The van der Waals surface area contributed by atoms with Crippen molar-refractivity contribution in [1.29, 1.82) is 0 Å². The summed E-state index contributed by atoms with van der Waals surface area (Å²) in [6, 6.07) is 6.65. The lowest BCUT2D eigenvalue weighted by atomic mass is 9.97. The number of nitrogens with zero attached hydrogens (tertiary/aromatic N) is 3. The molecule has 1 aromatic carbocycles. The van der Waals surface area contributed by atoms with Crippen LogP contribution in [0.2, 0.25) is 0 Å². The number of piperidine rings is 1. The summed E-state index contributed by atoms with van der Waals surface area (Å²) < 4.78 is 15.4. The molecule has 136 valence electrons. The zero-order valence-electron chi connectivity index (χ0n) is 15.2. The predicted octanol–water partition coefficient (Wildman–Crippen LogP) is 3.36. The largest absolute Gasteiger partial charge is 0.341 e. The van der Waals surface area contributed by atoms with Gasteiger partial charge in [0.25, 0.3) is 0 Å². The van der Waals surface area contributed by atoms with Crippen LogP contribution in [0.25, 0.3) is 10.9 Å². The molecule has 1 atom stereocenters. The molecule has 0 radical (unpaired) electrons. The van der Waals surface area contributed by atoms with Crippen LogP contribution in [-0.2, 0) is 11.3 Å². The molecule has 1 amide bonds. The van der Waals surface area contributed by atoms with Gasteiger partial charge in [-0.2, -0.15) is 0 Å². The minimum atomic E-state index is -0.267. The summed E-state index contributed by atoms with van der Waals surface area (Å²) in [5.74, 6) is 0.416. The number of benzene rings is 1. The monoisotopic (exact) mass is 345 g/mol. The Hall–Kier alpha value is -1.88. The third kappa shape index (κ3) is 4.21. The topological polar surface area (TPSA) is 28.5 Å². The van der Waals surface area contributed by atoms with E-state index in [0.29, 0.717) is 5.92 Å². The van der Waals surface area contributed by atoms with Crippen molar-refractivity contribution in [1.82, 2.24) is 14.4 Å². The zero-order valence-corrected chi connectivity index (χ0v) is 15.2. The van der Waals surface area contributed by atoms with E-state index in [4.69, 9.17) is 0 Å². The first-order chi connectivity index (χ1) is 12.1. The Morgan fingerprint density at radius 3 is 2.84 bits per heavy atom. The van der Waals surface area contributed by atoms with Crippen molar-refractivity contribution in [3.63, 3.8) is 0 Å². The van der Waals surface area contributed by atoms with Gasteiger partial charge in [-0.05, 0) is 61.5 Å². The van der Waals surface area contributed by atoms with Gasteiger partial charge in [0, 0.05) is 25.8 Å². The number of carbonyl (C=O) groups excluding carboxylic acids is 1. The second-order valence-corrected chi connectivity index (χ2v) is 6.98. The molecule has 1 saturated heterocycles. The van der Waals surface area contributed by atoms with Crippen molar-refractivity contribution in [2.75, 3.05) is 32.7 Å². The first-order valence-corrected chi connectivity index (χ1v) is 9.35. The molecule has 0 aliphatic carbocycles. The molecular formula is C20H28FN3O. The van der Waals surface area contributed by atoms with Gasteiger partial charge in [0.05, 0.1) is 5.52 Å². The lowest BCUT2D eigenvalue weighted by molar-refractivity contribution is -0.133. The SMILES string of the molecule is CCN(CC)C[C@@H]1CCCN(C(=O)Cn2ccc3ccc(F)cc32)C1. The van der Waals surface area contributed by atoms with Crippen molar-refractivity contribution in [2.24, 2.45) is 5.92 Å². The Morgan fingerprint density at radius 2 is 2.08 bits per heavy atom. The van der Waals surface area contributed by atoms with E-state index >= 15 is 0 Å². The van der Waals surface area contributed by atoms with Crippen molar-refractivity contribution in [3.05, 3.63) is 36.3 Å². The number of carbonyl (C=O) groups is 1. The maximum absolute atomic E-state index is 13.5. The van der Waals surface area contributed by atoms with Gasteiger partial charge in [0.1, 0.15) is 12.4 Å². The van der Waals surface area contributed by atoms with Crippen LogP contribution in [0.4, 0.5) is 4.39 Å².